The summed E-state index contributed by atoms with van der Waals surface area (Å²) in [6.45, 7) is -0.842. The van der Waals surface area contributed by atoms with E-state index in [1.54, 1.807) is 0 Å². The summed E-state index contributed by atoms with van der Waals surface area (Å²) in [7, 11) is 3.01. The van der Waals surface area contributed by atoms with Crippen LogP contribution in [0.1, 0.15) is 21.5 Å². The van der Waals surface area contributed by atoms with Crippen molar-refractivity contribution in [2.24, 2.45) is 14.1 Å². The first-order chi connectivity index (χ1) is 16.3. The highest BCUT2D eigenvalue weighted by Crippen LogP contribution is 2.30. The summed E-state index contributed by atoms with van der Waals surface area (Å²) < 4.78 is 56.8. The molecule has 0 fully saturated rings. The van der Waals surface area contributed by atoms with Crippen molar-refractivity contribution >= 4 is 17.0 Å². The Morgan fingerprint density at radius 3 is 2.23 bits per heavy atom. The summed E-state index contributed by atoms with van der Waals surface area (Å²) in [4.78, 5) is 49.6. The number of halogens is 4. The number of aryl methyl sites for hydroxylation is 2. The first-order valence-electron chi connectivity index (χ1n) is 9.90. The van der Waals surface area contributed by atoms with Crippen molar-refractivity contribution < 1.29 is 27.5 Å². The molecule has 0 aliphatic heterocycles. The third-order valence-electron chi connectivity index (χ3n) is 5.55. The number of aromatic nitrogens is 4. The Labute approximate surface area is 192 Å². The van der Waals surface area contributed by atoms with Crippen LogP contribution in [0.4, 0.5) is 17.6 Å². The second kappa shape index (κ2) is 8.11. The zero-order valence-corrected chi connectivity index (χ0v) is 18.1. The van der Waals surface area contributed by atoms with Crippen molar-refractivity contribution in [2.45, 2.75) is 12.7 Å². The summed E-state index contributed by atoms with van der Waals surface area (Å²) in [5.41, 5.74) is -4.52. The smallest absolute Gasteiger partial charge is 0.416 e. The predicted octanol–water partition coefficient (Wildman–Crippen LogP) is 0.759. The third kappa shape index (κ3) is 4.05. The Hall–Kier alpha value is -4.42. The standard InChI is InChI=1S/C22H16F4N4O5/c1-27-16-4-3-14(8-17(16)28(2)20(27)34)29-10-15(19(32)33)18(31)30(21(29)35)9-11-5-12(22(24,25)26)7-13(23)6-11/h3-8,10H,9H2,1-2H3,(H,32,33)/p-1. The minimum absolute atomic E-state index is 0.0650. The normalized spacial score (nSPS) is 11.8. The number of carbonyl (C=O) groups excluding carboxylic acids is 1. The van der Waals surface area contributed by atoms with E-state index in [1.165, 1.54) is 41.4 Å². The summed E-state index contributed by atoms with van der Waals surface area (Å²) in [6, 6.07) is 5.78. The Balaban J connectivity index is 1.95. The van der Waals surface area contributed by atoms with Gasteiger partial charge >= 0.3 is 17.6 Å². The maximum absolute atomic E-state index is 13.8. The number of benzene rings is 2. The minimum Gasteiger partial charge on any atom is -0.545 e. The van der Waals surface area contributed by atoms with E-state index in [9.17, 15) is 41.8 Å². The Morgan fingerprint density at radius 2 is 1.60 bits per heavy atom. The molecular formula is C22H15F4N4O5-. The van der Waals surface area contributed by atoms with Gasteiger partial charge in [0.05, 0.1) is 40.4 Å². The van der Waals surface area contributed by atoms with Crippen LogP contribution in [0.15, 0.2) is 57.0 Å². The molecule has 9 nitrogen and oxygen atoms in total. The summed E-state index contributed by atoms with van der Waals surface area (Å²) in [5.74, 6) is -3.18. The molecule has 0 radical (unpaired) electrons. The van der Waals surface area contributed by atoms with E-state index in [-0.39, 0.29) is 23.0 Å². The van der Waals surface area contributed by atoms with Gasteiger partial charge in [-0.1, -0.05) is 0 Å². The van der Waals surface area contributed by atoms with Crippen molar-refractivity contribution in [3.63, 3.8) is 0 Å². The molecule has 4 aromatic rings. The Morgan fingerprint density at radius 1 is 0.943 bits per heavy atom. The average molecular weight is 491 g/mol. The summed E-state index contributed by atoms with van der Waals surface area (Å²) in [5, 5.41) is 11.6. The van der Waals surface area contributed by atoms with Gasteiger partial charge in [0.25, 0.3) is 5.56 Å². The molecule has 0 N–H and O–H groups in total. The second-order valence-electron chi connectivity index (χ2n) is 7.79. The molecule has 0 aliphatic rings. The molecule has 0 amide bonds. The number of imidazole rings is 1. The fourth-order valence-electron chi connectivity index (χ4n) is 3.80. The average Bonchev–Trinajstić information content (AvgIpc) is 2.99. The molecule has 0 bridgehead atoms. The van der Waals surface area contributed by atoms with E-state index in [1.807, 2.05) is 0 Å². The highest BCUT2D eigenvalue weighted by Gasteiger charge is 2.31. The molecule has 0 saturated carbocycles. The van der Waals surface area contributed by atoms with Crippen LogP contribution in [0.25, 0.3) is 16.7 Å². The molecule has 0 aliphatic carbocycles. The third-order valence-corrected chi connectivity index (χ3v) is 5.55. The van der Waals surface area contributed by atoms with Gasteiger partial charge in [0.2, 0.25) is 0 Å². The van der Waals surface area contributed by atoms with Gasteiger partial charge in [-0.25, -0.2) is 14.0 Å². The van der Waals surface area contributed by atoms with Crippen molar-refractivity contribution in [1.29, 1.82) is 0 Å². The second-order valence-corrected chi connectivity index (χ2v) is 7.79. The molecule has 0 saturated heterocycles. The zero-order chi connectivity index (χ0) is 25.8. The molecule has 13 heteroatoms. The number of alkyl halides is 3. The number of hydrogen-bond acceptors (Lipinski definition) is 5. The molecule has 0 spiro atoms. The number of carboxylic acid groups (broad SMARTS) is 1. The van der Waals surface area contributed by atoms with E-state index in [0.717, 1.165) is 10.8 Å². The van der Waals surface area contributed by atoms with Gasteiger partial charge in [-0.05, 0) is 42.0 Å². The van der Waals surface area contributed by atoms with E-state index in [4.69, 9.17) is 0 Å². The van der Waals surface area contributed by atoms with Crippen LogP contribution in [0, 0.1) is 5.82 Å². The van der Waals surface area contributed by atoms with Crippen LogP contribution in [0.3, 0.4) is 0 Å². The first kappa shape index (κ1) is 23.7. The van der Waals surface area contributed by atoms with Crippen LogP contribution in [0.5, 0.6) is 0 Å². The van der Waals surface area contributed by atoms with Crippen molar-refractivity contribution in [3.8, 4) is 5.69 Å². The lowest BCUT2D eigenvalue weighted by Gasteiger charge is -2.15. The molecule has 4 rings (SSSR count). The molecule has 35 heavy (non-hydrogen) atoms. The fraction of sp³-hybridized carbons (Fsp3) is 0.182. The number of fused-ring (bicyclic) bond motifs is 1. The number of nitrogens with zero attached hydrogens (tertiary/aromatic N) is 4. The number of carboxylic acids is 1. The van der Waals surface area contributed by atoms with Gasteiger partial charge in [-0.3, -0.25) is 23.1 Å². The highest BCUT2D eigenvalue weighted by molar-refractivity contribution is 5.85. The quantitative estimate of drug-likeness (QED) is 0.392. The monoisotopic (exact) mass is 491 g/mol. The van der Waals surface area contributed by atoms with Crippen LogP contribution in [-0.4, -0.2) is 24.2 Å². The number of hydrogen-bond donors (Lipinski definition) is 0. The van der Waals surface area contributed by atoms with Crippen LogP contribution in [-0.2, 0) is 26.8 Å². The SMILES string of the molecule is Cn1c(=O)n(C)c2cc(-n3cc(C(=O)[O-])c(=O)n(Cc4cc(F)cc(C(F)(F)F)c4)c3=O)ccc21. The molecule has 0 unspecified atom stereocenters. The highest BCUT2D eigenvalue weighted by atomic mass is 19.4. The fourth-order valence-corrected chi connectivity index (χ4v) is 3.80. The van der Waals surface area contributed by atoms with Gasteiger partial charge in [-0.2, -0.15) is 13.2 Å². The van der Waals surface area contributed by atoms with Gasteiger partial charge in [0.15, 0.2) is 0 Å². The van der Waals surface area contributed by atoms with Gasteiger partial charge in [0.1, 0.15) is 5.82 Å². The molecule has 2 aromatic carbocycles. The number of rotatable bonds is 4. The lowest BCUT2D eigenvalue weighted by molar-refractivity contribution is -0.255. The lowest BCUT2D eigenvalue weighted by Crippen LogP contribution is -2.44. The van der Waals surface area contributed by atoms with E-state index in [0.29, 0.717) is 27.7 Å². The first-order valence-corrected chi connectivity index (χ1v) is 9.90. The summed E-state index contributed by atoms with van der Waals surface area (Å²) in [6.07, 6.45) is -4.17. The largest absolute Gasteiger partial charge is 0.545 e. The van der Waals surface area contributed by atoms with Crippen LogP contribution in [0.2, 0.25) is 0 Å². The lowest BCUT2D eigenvalue weighted by atomic mass is 10.1. The number of carbonyl (C=O) groups is 1. The molecule has 2 aromatic heterocycles. The maximum atomic E-state index is 13.8. The summed E-state index contributed by atoms with van der Waals surface area (Å²) >= 11 is 0. The van der Waals surface area contributed by atoms with Crippen LogP contribution >= 0.6 is 0 Å². The molecular weight excluding hydrogens is 476 g/mol. The topological polar surface area (TPSA) is 111 Å². The van der Waals surface area contributed by atoms with Gasteiger partial charge < -0.3 is 9.90 Å². The Bertz CT molecular complexity index is 1690. The van der Waals surface area contributed by atoms with Gasteiger partial charge in [-0.15, -0.1) is 0 Å². The molecule has 0 atom stereocenters. The van der Waals surface area contributed by atoms with Crippen molar-refractivity contribution in [1.82, 2.24) is 18.3 Å². The Kier molecular flexibility index (Phi) is 5.50. The van der Waals surface area contributed by atoms with E-state index in [2.05, 4.69) is 0 Å². The zero-order valence-electron chi connectivity index (χ0n) is 18.1. The van der Waals surface area contributed by atoms with E-state index >= 15 is 0 Å². The maximum Gasteiger partial charge on any atom is 0.416 e. The minimum atomic E-state index is -4.89. The molecule has 182 valence electrons. The van der Waals surface area contributed by atoms with Crippen molar-refractivity contribution in [2.75, 3.05) is 0 Å². The number of aromatic carboxylic acids is 1. The van der Waals surface area contributed by atoms with Gasteiger partial charge in [0, 0.05) is 20.3 Å². The van der Waals surface area contributed by atoms with Crippen molar-refractivity contribution in [3.05, 3.63) is 96.4 Å². The van der Waals surface area contributed by atoms with E-state index < -0.39 is 46.9 Å². The molecule has 2 heterocycles. The predicted molar refractivity (Wildman–Crippen MR) is 113 cm³/mol. The van der Waals surface area contributed by atoms with Crippen LogP contribution < -0.4 is 22.0 Å².